The van der Waals surface area contributed by atoms with Crippen molar-refractivity contribution in [2.24, 2.45) is 0 Å². The largest absolute Gasteiger partial charge is 0.478 e. The number of unbranched alkanes of at least 4 members (excludes halogenated alkanes) is 5. The fourth-order valence-electron chi connectivity index (χ4n) is 1.65. The van der Waals surface area contributed by atoms with Gasteiger partial charge in [0.25, 0.3) is 0 Å². The molecule has 0 atom stereocenters. The van der Waals surface area contributed by atoms with Crippen molar-refractivity contribution in [3.8, 4) is 0 Å². The van der Waals surface area contributed by atoms with E-state index in [0.29, 0.717) is 6.42 Å². The lowest BCUT2D eigenvalue weighted by Gasteiger charge is -2.16. The van der Waals surface area contributed by atoms with Crippen LogP contribution in [0.4, 0.5) is 0 Å². The van der Waals surface area contributed by atoms with E-state index >= 15 is 0 Å². The van der Waals surface area contributed by atoms with Gasteiger partial charge in [-0.1, -0.05) is 25.3 Å². The normalized spacial score (nSPS) is 12.3. The van der Waals surface area contributed by atoms with Gasteiger partial charge < -0.3 is 20.4 Å². The summed E-state index contributed by atoms with van der Waals surface area (Å²) in [6.45, 7) is 0. The zero-order valence-corrected chi connectivity index (χ0v) is 11.4. The first-order valence-electron chi connectivity index (χ1n) is 6.60. The smallest absolute Gasteiger partial charge is 0.328 e. The Kier molecular flexibility index (Phi) is 9.32. The van der Waals surface area contributed by atoms with Crippen molar-refractivity contribution in [2.45, 2.75) is 50.7 Å². The Hall–Kier alpha value is -1.66. The summed E-state index contributed by atoms with van der Waals surface area (Å²) < 4.78 is 0. The van der Waals surface area contributed by atoms with Gasteiger partial charge in [0, 0.05) is 18.6 Å². The predicted octanol–water partition coefficient (Wildman–Crippen LogP) is 1.68. The van der Waals surface area contributed by atoms with Crippen LogP contribution < -0.4 is 0 Å². The molecule has 0 unspecified atom stereocenters. The van der Waals surface area contributed by atoms with E-state index in [-0.39, 0.29) is 6.42 Å². The van der Waals surface area contributed by atoms with Crippen LogP contribution in [0.5, 0.6) is 0 Å². The fourth-order valence-corrected chi connectivity index (χ4v) is 1.65. The third-order valence-corrected chi connectivity index (χ3v) is 2.67. The van der Waals surface area contributed by atoms with Crippen molar-refractivity contribution in [3.63, 3.8) is 0 Å². The molecule has 0 aliphatic rings. The number of hydrogen-bond donors (Lipinski definition) is 4. The Morgan fingerprint density at radius 1 is 0.850 bits per heavy atom. The first kappa shape index (κ1) is 18.3. The van der Waals surface area contributed by atoms with Crippen molar-refractivity contribution in [1.82, 2.24) is 0 Å². The topological polar surface area (TPSA) is 115 Å². The van der Waals surface area contributed by atoms with Gasteiger partial charge in [0.05, 0.1) is 0 Å². The van der Waals surface area contributed by atoms with E-state index in [9.17, 15) is 19.8 Å². The van der Waals surface area contributed by atoms with Gasteiger partial charge in [0.1, 0.15) is 0 Å². The van der Waals surface area contributed by atoms with E-state index in [1.54, 1.807) is 6.08 Å². The summed E-state index contributed by atoms with van der Waals surface area (Å²) in [5.74, 6) is -4.23. The minimum Gasteiger partial charge on any atom is -0.478 e. The first-order chi connectivity index (χ1) is 9.33. The molecule has 6 heteroatoms. The monoisotopic (exact) mass is 286 g/mol. The van der Waals surface area contributed by atoms with Crippen LogP contribution in [-0.4, -0.2) is 38.2 Å². The molecule has 0 spiro atoms. The molecule has 0 aliphatic heterocycles. The van der Waals surface area contributed by atoms with Crippen LogP contribution in [-0.2, 0) is 9.59 Å². The van der Waals surface area contributed by atoms with E-state index in [1.807, 2.05) is 0 Å². The van der Waals surface area contributed by atoms with Crippen molar-refractivity contribution in [1.29, 1.82) is 0 Å². The lowest BCUT2D eigenvalue weighted by atomic mass is 10.0. The molecule has 20 heavy (non-hydrogen) atoms. The minimum absolute atomic E-state index is 0.0930. The Balaban J connectivity index is 3.57. The molecular formula is C14H22O6. The molecule has 6 nitrogen and oxygen atoms in total. The summed E-state index contributed by atoms with van der Waals surface area (Å²) in [5.41, 5.74) is 0. The maximum absolute atomic E-state index is 10.2. The van der Waals surface area contributed by atoms with Gasteiger partial charge in [-0.15, -0.1) is 0 Å². The molecule has 0 bridgehead atoms. The second kappa shape index (κ2) is 10.2. The van der Waals surface area contributed by atoms with Gasteiger partial charge in [-0.05, 0) is 25.3 Å². The van der Waals surface area contributed by atoms with Crippen LogP contribution in [0.3, 0.4) is 0 Å². The maximum Gasteiger partial charge on any atom is 0.328 e. The first-order valence-corrected chi connectivity index (χ1v) is 6.60. The van der Waals surface area contributed by atoms with Crippen LogP contribution >= 0.6 is 0 Å². The Labute approximate surface area is 118 Å². The molecule has 0 aromatic heterocycles. The van der Waals surface area contributed by atoms with Gasteiger partial charge in [0.2, 0.25) is 0 Å². The van der Waals surface area contributed by atoms with Gasteiger partial charge in [0.15, 0.2) is 5.79 Å². The number of aliphatic hydroxyl groups is 2. The summed E-state index contributed by atoms with van der Waals surface area (Å²) in [6.07, 6.45) is 9.29. The average Bonchev–Trinajstić information content (AvgIpc) is 2.34. The molecule has 0 rings (SSSR count). The lowest BCUT2D eigenvalue weighted by Crippen LogP contribution is -2.25. The highest BCUT2D eigenvalue weighted by Gasteiger charge is 2.18. The second-order valence-corrected chi connectivity index (χ2v) is 4.60. The van der Waals surface area contributed by atoms with E-state index in [0.717, 1.165) is 50.3 Å². The molecule has 0 aromatic rings. The van der Waals surface area contributed by atoms with E-state index < -0.39 is 17.7 Å². The van der Waals surface area contributed by atoms with Gasteiger partial charge >= 0.3 is 11.9 Å². The summed E-state index contributed by atoms with van der Waals surface area (Å²) in [4.78, 5) is 20.4. The summed E-state index contributed by atoms with van der Waals surface area (Å²) in [6, 6.07) is 0. The van der Waals surface area contributed by atoms with E-state index in [1.165, 1.54) is 0 Å². The molecule has 0 amide bonds. The molecule has 0 saturated heterocycles. The van der Waals surface area contributed by atoms with Crippen molar-refractivity contribution < 1.29 is 30.0 Å². The van der Waals surface area contributed by atoms with E-state index in [4.69, 9.17) is 10.2 Å². The van der Waals surface area contributed by atoms with Crippen LogP contribution in [0.25, 0.3) is 0 Å². The standard InChI is InChI=1S/C14H22O6/c15-12(16)8-6-4-2-1-3-5-7-10-14(19,20)11-9-13(17)18/h6,8-9,11,19-20H,1-5,7,10H2,(H,15,16)(H,17,18). The Morgan fingerprint density at radius 3 is 2.00 bits per heavy atom. The summed E-state index contributed by atoms with van der Waals surface area (Å²) in [5, 5.41) is 35.6. The quantitative estimate of drug-likeness (QED) is 0.261. The molecule has 0 aliphatic carbocycles. The molecule has 4 N–H and O–H groups in total. The third-order valence-electron chi connectivity index (χ3n) is 2.67. The molecule has 0 heterocycles. The predicted molar refractivity (Wildman–Crippen MR) is 73.0 cm³/mol. The van der Waals surface area contributed by atoms with E-state index in [2.05, 4.69) is 0 Å². The highest BCUT2D eigenvalue weighted by Crippen LogP contribution is 2.15. The van der Waals surface area contributed by atoms with Crippen molar-refractivity contribution in [2.75, 3.05) is 0 Å². The van der Waals surface area contributed by atoms with Crippen molar-refractivity contribution >= 4 is 11.9 Å². The molecular weight excluding hydrogens is 264 g/mol. The SMILES string of the molecule is O=C(O)C=CCCCCCCCC(O)(O)C=CC(=O)O. The zero-order valence-electron chi connectivity index (χ0n) is 11.4. The zero-order chi connectivity index (χ0) is 15.4. The number of rotatable bonds is 11. The molecule has 0 saturated carbocycles. The highest BCUT2D eigenvalue weighted by molar-refractivity contribution is 5.80. The Morgan fingerprint density at radius 2 is 1.40 bits per heavy atom. The van der Waals surface area contributed by atoms with Crippen LogP contribution in [0.2, 0.25) is 0 Å². The highest BCUT2D eigenvalue weighted by atomic mass is 16.5. The van der Waals surface area contributed by atoms with Crippen LogP contribution in [0, 0.1) is 0 Å². The third kappa shape index (κ3) is 12.8. The number of hydrogen-bond acceptors (Lipinski definition) is 4. The van der Waals surface area contributed by atoms with Gasteiger partial charge in [-0.2, -0.15) is 0 Å². The second-order valence-electron chi connectivity index (χ2n) is 4.60. The van der Waals surface area contributed by atoms with Gasteiger partial charge in [-0.25, -0.2) is 9.59 Å². The van der Waals surface area contributed by atoms with Crippen LogP contribution in [0.15, 0.2) is 24.3 Å². The summed E-state index contributed by atoms with van der Waals surface area (Å²) in [7, 11) is 0. The minimum atomic E-state index is -2.07. The number of carboxylic acid groups (broad SMARTS) is 2. The van der Waals surface area contributed by atoms with Crippen LogP contribution in [0.1, 0.15) is 44.9 Å². The summed E-state index contributed by atoms with van der Waals surface area (Å²) >= 11 is 0. The molecule has 0 radical (unpaired) electrons. The fraction of sp³-hybridized carbons (Fsp3) is 0.571. The lowest BCUT2D eigenvalue weighted by molar-refractivity contribution is -0.134. The average molecular weight is 286 g/mol. The molecule has 0 fully saturated rings. The number of aliphatic carboxylic acids is 2. The molecule has 0 aromatic carbocycles. The van der Waals surface area contributed by atoms with Gasteiger partial charge in [-0.3, -0.25) is 0 Å². The number of carboxylic acids is 2. The molecule has 114 valence electrons. The van der Waals surface area contributed by atoms with Crippen molar-refractivity contribution in [3.05, 3.63) is 24.3 Å². The maximum atomic E-state index is 10.2. The Bertz CT molecular complexity index is 357. The number of allylic oxidation sites excluding steroid dienone is 1. The number of carbonyl (C=O) groups is 2.